The van der Waals surface area contributed by atoms with Gasteiger partial charge >= 0.3 is 0 Å². The fourth-order valence-electron chi connectivity index (χ4n) is 3.85. The van der Waals surface area contributed by atoms with Crippen LogP contribution >= 0.6 is 11.6 Å². The van der Waals surface area contributed by atoms with Gasteiger partial charge in [0.25, 0.3) is 0 Å². The number of anilines is 1. The third kappa shape index (κ3) is 4.40. The van der Waals surface area contributed by atoms with Crippen molar-refractivity contribution in [3.63, 3.8) is 0 Å². The molecule has 0 amide bonds. The monoisotopic (exact) mass is 395 g/mol. The van der Waals surface area contributed by atoms with Crippen molar-refractivity contribution in [1.29, 1.82) is 0 Å². The average Bonchev–Trinajstić information content (AvgIpc) is 2.72. The van der Waals surface area contributed by atoms with Crippen molar-refractivity contribution in [2.24, 2.45) is 0 Å². The lowest BCUT2D eigenvalue weighted by molar-refractivity contribution is 0.211. The van der Waals surface area contributed by atoms with Crippen LogP contribution in [0.2, 0.25) is 5.02 Å². The number of nitrogens with one attached hydrogen (secondary N) is 1. The highest BCUT2D eigenvalue weighted by Gasteiger charge is 2.20. The Labute approximate surface area is 171 Å². The molecule has 2 heterocycles. The highest BCUT2D eigenvalue weighted by molar-refractivity contribution is 6.32. The molecule has 0 aliphatic carbocycles. The second-order valence-corrected chi connectivity index (χ2v) is 7.68. The summed E-state index contributed by atoms with van der Waals surface area (Å²) in [5.41, 5.74) is 3.47. The van der Waals surface area contributed by atoms with Gasteiger partial charge in [-0.25, -0.2) is 0 Å². The quantitative estimate of drug-likeness (QED) is 0.609. The van der Waals surface area contributed by atoms with Gasteiger partial charge in [0, 0.05) is 42.9 Å². The molecule has 1 aliphatic heterocycles. The Balaban J connectivity index is 1.35. The number of para-hydroxylation sites is 1. The van der Waals surface area contributed by atoms with Crippen molar-refractivity contribution < 1.29 is 4.74 Å². The number of hydrogen-bond acceptors (Lipinski definition) is 4. The van der Waals surface area contributed by atoms with Crippen molar-refractivity contribution in [2.75, 3.05) is 25.0 Å². The first-order valence-electron chi connectivity index (χ1n) is 9.97. The van der Waals surface area contributed by atoms with Crippen LogP contribution in [0.25, 0.3) is 10.9 Å². The van der Waals surface area contributed by atoms with Crippen molar-refractivity contribution in [3.8, 4) is 5.75 Å². The number of aromatic nitrogens is 1. The number of hydrogen-bond donors (Lipinski definition) is 1. The maximum Gasteiger partial charge on any atom is 0.138 e. The minimum Gasteiger partial charge on any atom is -0.492 e. The summed E-state index contributed by atoms with van der Waals surface area (Å²) in [7, 11) is 0. The summed E-state index contributed by atoms with van der Waals surface area (Å²) in [6.07, 6.45) is 4.14. The van der Waals surface area contributed by atoms with Gasteiger partial charge < -0.3 is 10.1 Å². The van der Waals surface area contributed by atoms with Crippen LogP contribution in [0.1, 0.15) is 25.3 Å². The van der Waals surface area contributed by atoms with Crippen LogP contribution in [0, 0.1) is 0 Å². The Kier molecular flexibility index (Phi) is 5.98. The molecule has 0 spiro atoms. The van der Waals surface area contributed by atoms with Crippen LogP contribution in [-0.4, -0.2) is 35.6 Å². The highest BCUT2D eigenvalue weighted by atomic mass is 35.5. The van der Waals surface area contributed by atoms with E-state index in [1.165, 1.54) is 16.6 Å². The summed E-state index contributed by atoms with van der Waals surface area (Å²) in [4.78, 5) is 6.95. The lowest BCUT2D eigenvalue weighted by atomic mass is 10.0. The molecule has 0 saturated carbocycles. The fraction of sp³-hybridized carbons (Fsp3) is 0.348. The number of fused-ring (bicyclic) bond motifs is 1. The van der Waals surface area contributed by atoms with E-state index in [1.807, 2.05) is 25.3 Å². The lowest BCUT2D eigenvalue weighted by Crippen LogP contribution is -2.38. The molecule has 0 bridgehead atoms. The van der Waals surface area contributed by atoms with Gasteiger partial charge in [-0.2, -0.15) is 0 Å². The summed E-state index contributed by atoms with van der Waals surface area (Å²) in [6.45, 7) is 5.69. The van der Waals surface area contributed by atoms with Gasteiger partial charge in [-0.15, -0.1) is 0 Å². The fourth-order valence-corrected chi connectivity index (χ4v) is 4.02. The van der Waals surface area contributed by atoms with Crippen molar-refractivity contribution in [2.45, 2.75) is 32.4 Å². The van der Waals surface area contributed by atoms with Crippen molar-refractivity contribution in [1.82, 2.24) is 9.88 Å². The van der Waals surface area contributed by atoms with Crippen molar-refractivity contribution in [3.05, 3.63) is 65.3 Å². The molecule has 1 N–H and O–H groups in total. The number of nitrogens with zero attached hydrogens (tertiary/aromatic N) is 2. The van der Waals surface area contributed by atoms with Crippen molar-refractivity contribution >= 4 is 28.2 Å². The zero-order valence-corrected chi connectivity index (χ0v) is 17.0. The van der Waals surface area contributed by atoms with Crippen LogP contribution in [0.3, 0.4) is 0 Å². The molecule has 5 heteroatoms. The van der Waals surface area contributed by atoms with E-state index in [-0.39, 0.29) is 0 Å². The molecule has 1 aliphatic rings. The van der Waals surface area contributed by atoms with Gasteiger partial charge in [-0.3, -0.25) is 9.88 Å². The molecular weight excluding hydrogens is 370 g/mol. The first kappa shape index (κ1) is 19.0. The Bertz CT molecular complexity index is 933. The van der Waals surface area contributed by atoms with E-state index in [4.69, 9.17) is 16.3 Å². The normalized spacial score (nSPS) is 15.6. The highest BCUT2D eigenvalue weighted by Crippen LogP contribution is 2.27. The number of piperidine rings is 1. The maximum absolute atomic E-state index is 6.20. The molecule has 146 valence electrons. The largest absolute Gasteiger partial charge is 0.492 e. The van der Waals surface area contributed by atoms with Crippen LogP contribution in [0.15, 0.2) is 54.7 Å². The topological polar surface area (TPSA) is 37.4 Å². The van der Waals surface area contributed by atoms with E-state index in [0.717, 1.165) is 43.7 Å². The molecule has 1 aromatic heterocycles. The number of halogens is 1. The number of ether oxygens (including phenoxy) is 1. The molecule has 1 saturated heterocycles. The van der Waals surface area contributed by atoms with Crippen LogP contribution < -0.4 is 10.1 Å². The number of likely N-dealkylation sites (tertiary alicyclic amines) is 1. The molecular formula is C23H26ClN3O. The number of benzene rings is 2. The van der Waals surface area contributed by atoms with Crippen LogP contribution in [0.5, 0.6) is 5.75 Å². The summed E-state index contributed by atoms with van der Waals surface area (Å²) in [5.74, 6) is 0.780. The smallest absolute Gasteiger partial charge is 0.138 e. The summed E-state index contributed by atoms with van der Waals surface area (Å²) < 4.78 is 5.62. The third-order valence-corrected chi connectivity index (χ3v) is 5.61. The second-order valence-electron chi connectivity index (χ2n) is 7.27. The Morgan fingerprint density at radius 1 is 1.14 bits per heavy atom. The SMILES string of the molecule is CCOc1cc(CN2CCC(Nc3ccnc4ccccc34)CC2)ccc1Cl. The predicted molar refractivity (Wildman–Crippen MR) is 116 cm³/mol. The van der Waals surface area contributed by atoms with E-state index in [2.05, 4.69) is 51.6 Å². The Morgan fingerprint density at radius 2 is 1.96 bits per heavy atom. The first-order valence-corrected chi connectivity index (χ1v) is 10.3. The van der Waals surface area contributed by atoms with E-state index < -0.39 is 0 Å². The standard InChI is InChI=1S/C23H26ClN3O/c1-2-28-23-15-17(7-8-20(23)24)16-27-13-10-18(11-14-27)26-22-9-12-25-21-6-4-3-5-19(21)22/h3-9,12,15,18H,2,10-11,13-14,16H2,1H3,(H,25,26). The van der Waals surface area contributed by atoms with Gasteiger partial charge in [0.15, 0.2) is 0 Å². The lowest BCUT2D eigenvalue weighted by Gasteiger charge is -2.33. The maximum atomic E-state index is 6.20. The minimum atomic E-state index is 0.492. The Hall–Kier alpha value is -2.30. The zero-order valence-electron chi connectivity index (χ0n) is 16.2. The van der Waals surface area contributed by atoms with Gasteiger partial charge in [-0.1, -0.05) is 35.9 Å². The zero-order chi connectivity index (χ0) is 19.3. The average molecular weight is 396 g/mol. The molecule has 28 heavy (non-hydrogen) atoms. The van der Waals surface area contributed by atoms with Gasteiger partial charge in [0.1, 0.15) is 5.75 Å². The third-order valence-electron chi connectivity index (χ3n) is 5.30. The molecule has 0 unspecified atom stereocenters. The molecule has 0 radical (unpaired) electrons. The van der Waals surface area contributed by atoms with E-state index in [9.17, 15) is 0 Å². The van der Waals surface area contributed by atoms with Crippen LogP contribution in [-0.2, 0) is 6.54 Å². The summed E-state index contributed by atoms with van der Waals surface area (Å²) in [6, 6.07) is 17.0. The summed E-state index contributed by atoms with van der Waals surface area (Å²) in [5, 5.41) is 5.61. The first-order chi connectivity index (χ1) is 13.7. The molecule has 4 nitrogen and oxygen atoms in total. The van der Waals surface area contributed by atoms with E-state index >= 15 is 0 Å². The molecule has 2 aromatic carbocycles. The molecule has 3 aromatic rings. The molecule has 4 rings (SSSR count). The number of rotatable bonds is 6. The Morgan fingerprint density at radius 3 is 2.79 bits per heavy atom. The second kappa shape index (κ2) is 8.80. The van der Waals surface area contributed by atoms with Crippen LogP contribution in [0.4, 0.5) is 5.69 Å². The minimum absolute atomic E-state index is 0.492. The van der Waals surface area contributed by atoms with E-state index in [0.29, 0.717) is 17.7 Å². The molecule has 1 fully saturated rings. The van der Waals surface area contributed by atoms with Gasteiger partial charge in [0.05, 0.1) is 17.1 Å². The predicted octanol–water partition coefficient (Wildman–Crippen LogP) is 5.36. The number of pyridine rings is 1. The molecule has 0 atom stereocenters. The van der Waals surface area contributed by atoms with Gasteiger partial charge in [0.2, 0.25) is 0 Å². The van der Waals surface area contributed by atoms with Gasteiger partial charge in [-0.05, 0) is 49.6 Å². The summed E-state index contributed by atoms with van der Waals surface area (Å²) >= 11 is 6.20. The van der Waals surface area contributed by atoms with E-state index in [1.54, 1.807) is 0 Å².